The lowest BCUT2D eigenvalue weighted by Gasteiger charge is -2.18. The van der Waals surface area contributed by atoms with Gasteiger partial charge in [0.1, 0.15) is 5.82 Å². The van der Waals surface area contributed by atoms with Gasteiger partial charge in [0.25, 0.3) is 0 Å². The monoisotopic (exact) mass is 296 g/mol. The van der Waals surface area contributed by atoms with Gasteiger partial charge in [0, 0.05) is 6.54 Å². The Hall–Kier alpha value is -1.60. The van der Waals surface area contributed by atoms with E-state index in [-0.39, 0.29) is 16.6 Å². The lowest BCUT2D eigenvalue weighted by Crippen LogP contribution is -2.35. The average Bonchev–Trinajstić information content (AvgIpc) is 2.30. The first-order valence-corrected chi connectivity index (χ1v) is 6.81. The van der Waals surface area contributed by atoms with Crippen molar-refractivity contribution in [3.63, 3.8) is 0 Å². The number of anilines is 1. The highest BCUT2D eigenvalue weighted by molar-refractivity contribution is 6.59. The summed E-state index contributed by atoms with van der Waals surface area (Å²) in [6, 6.07) is 1.85. The lowest BCUT2D eigenvalue weighted by molar-refractivity contribution is 0.250. The summed E-state index contributed by atoms with van der Waals surface area (Å²) in [5, 5.41) is 23.4. The van der Waals surface area contributed by atoms with Crippen LogP contribution in [0.3, 0.4) is 0 Å². The van der Waals surface area contributed by atoms with E-state index in [0.717, 1.165) is 12.5 Å². The van der Waals surface area contributed by atoms with Crippen LogP contribution in [0.25, 0.3) is 0 Å². The van der Waals surface area contributed by atoms with Gasteiger partial charge in [-0.1, -0.05) is 20.8 Å². The van der Waals surface area contributed by atoms with Crippen LogP contribution in [0.5, 0.6) is 0 Å². The predicted octanol–water partition coefficient (Wildman–Crippen LogP) is 1.37. The molecule has 0 aliphatic rings. The van der Waals surface area contributed by atoms with Crippen molar-refractivity contribution in [1.29, 1.82) is 0 Å². The Balaban J connectivity index is 2.70. The molecule has 2 amide bonds. The molecule has 0 spiro atoms. The van der Waals surface area contributed by atoms with E-state index < -0.39 is 19.0 Å². The summed E-state index contributed by atoms with van der Waals surface area (Å²) >= 11 is 0. The molecule has 7 heteroatoms. The van der Waals surface area contributed by atoms with Crippen LogP contribution in [0.4, 0.5) is 14.9 Å². The van der Waals surface area contributed by atoms with Crippen LogP contribution in [0.2, 0.25) is 0 Å². The smallest absolute Gasteiger partial charge is 0.423 e. The molecular weight excluding hydrogens is 274 g/mol. The Bertz CT molecular complexity index is 516. The molecular formula is C14H22BFN2O3. The summed E-state index contributed by atoms with van der Waals surface area (Å²) in [6.45, 7) is 8.20. The molecule has 0 atom stereocenters. The van der Waals surface area contributed by atoms with Gasteiger partial charge in [0.15, 0.2) is 0 Å². The van der Waals surface area contributed by atoms with E-state index in [1.807, 2.05) is 0 Å². The Morgan fingerprint density at radius 2 is 1.95 bits per heavy atom. The molecule has 1 rings (SSSR count). The van der Waals surface area contributed by atoms with Gasteiger partial charge < -0.3 is 20.7 Å². The minimum Gasteiger partial charge on any atom is -0.423 e. The summed E-state index contributed by atoms with van der Waals surface area (Å²) in [5.41, 5.74) is 0.566. The van der Waals surface area contributed by atoms with Gasteiger partial charge in [-0.05, 0) is 41.9 Å². The maximum atomic E-state index is 13.8. The van der Waals surface area contributed by atoms with E-state index in [1.54, 1.807) is 6.92 Å². The zero-order valence-electron chi connectivity index (χ0n) is 12.8. The standard InChI is InChI=1S/C14H22BFN2O3/c1-9-7-11(16)12(8-10(9)15(20)21)18-13(19)17-6-5-14(2,3)4/h7-8,20-21H,5-6H2,1-4H3,(H2,17,18,19). The summed E-state index contributed by atoms with van der Waals surface area (Å²) in [4.78, 5) is 11.7. The zero-order valence-corrected chi connectivity index (χ0v) is 12.8. The van der Waals surface area contributed by atoms with E-state index in [4.69, 9.17) is 0 Å². The topological polar surface area (TPSA) is 81.6 Å². The molecule has 1 aromatic rings. The van der Waals surface area contributed by atoms with Crippen LogP contribution in [-0.2, 0) is 0 Å². The molecule has 0 aliphatic carbocycles. The Morgan fingerprint density at radius 1 is 1.33 bits per heavy atom. The number of carbonyl (C=O) groups is 1. The third kappa shape index (κ3) is 5.73. The van der Waals surface area contributed by atoms with Gasteiger partial charge >= 0.3 is 13.1 Å². The number of rotatable bonds is 4. The van der Waals surface area contributed by atoms with Crippen molar-refractivity contribution >= 4 is 24.3 Å². The third-order valence-corrected chi connectivity index (χ3v) is 3.04. The molecule has 0 heterocycles. The molecule has 5 nitrogen and oxygen atoms in total. The predicted molar refractivity (Wildman–Crippen MR) is 82.1 cm³/mol. The number of hydrogen-bond acceptors (Lipinski definition) is 3. The fourth-order valence-electron chi connectivity index (χ4n) is 1.78. The van der Waals surface area contributed by atoms with E-state index in [0.29, 0.717) is 12.1 Å². The summed E-state index contributed by atoms with van der Waals surface area (Å²) in [6.07, 6.45) is 0.789. The maximum absolute atomic E-state index is 13.8. The number of carbonyl (C=O) groups excluding carboxylic acids is 1. The molecule has 21 heavy (non-hydrogen) atoms. The SMILES string of the molecule is Cc1cc(F)c(NC(=O)NCCC(C)(C)C)cc1B(O)O. The molecule has 4 N–H and O–H groups in total. The second-order valence-corrected chi connectivity index (χ2v) is 6.25. The number of urea groups is 1. The number of nitrogens with one attached hydrogen (secondary N) is 2. The second-order valence-electron chi connectivity index (χ2n) is 6.25. The summed E-state index contributed by atoms with van der Waals surface area (Å²) in [5.74, 6) is -0.622. The van der Waals surface area contributed by atoms with E-state index in [1.165, 1.54) is 6.07 Å². The molecule has 0 bridgehead atoms. The van der Waals surface area contributed by atoms with Crippen LogP contribution in [-0.4, -0.2) is 29.7 Å². The molecule has 0 radical (unpaired) electrons. The first kappa shape index (κ1) is 17.5. The van der Waals surface area contributed by atoms with Crippen molar-refractivity contribution in [2.75, 3.05) is 11.9 Å². The van der Waals surface area contributed by atoms with Crippen molar-refractivity contribution in [2.24, 2.45) is 5.41 Å². The minimum absolute atomic E-state index is 0.0861. The first-order chi connectivity index (χ1) is 9.60. The van der Waals surface area contributed by atoms with Gasteiger partial charge in [-0.15, -0.1) is 0 Å². The van der Waals surface area contributed by atoms with Crippen LogP contribution < -0.4 is 16.1 Å². The van der Waals surface area contributed by atoms with Gasteiger partial charge in [-0.3, -0.25) is 0 Å². The lowest BCUT2D eigenvalue weighted by atomic mass is 9.77. The van der Waals surface area contributed by atoms with Gasteiger partial charge in [-0.25, -0.2) is 9.18 Å². The molecule has 1 aromatic carbocycles. The molecule has 0 saturated carbocycles. The summed E-state index contributed by atoms with van der Waals surface area (Å²) in [7, 11) is -1.71. The number of aryl methyl sites for hydroxylation is 1. The van der Waals surface area contributed by atoms with Crippen molar-refractivity contribution in [1.82, 2.24) is 5.32 Å². The average molecular weight is 296 g/mol. The normalized spacial score (nSPS) is 11.2. The van der Waals surface area contributed by atoms with Crippen molar-refractivity contribution in [3.05, 3.63) is 23.5 Å². The number of benzene rings is 1. The molecule has 0 fully saturated rings. The second kappa shape index (κ2) is 6.91. The van der Waals surface area contributed by atoms with Crippen LogP contribution >= 0.6 is 0 Å². The molecule has 0 unspecified atom stereocenters. The number of halogens is 1. The number of hydrogen-bond donors (Lipinski definition) is 4. The van der Waals surface area contributed by atoms with E-state index >= 15 is 0 Å². The Labute approximate surface area is 124 Å². The van der Waals surface area contributed by atoms with E-state index in [2.05, 4.69) is 31.4 Å². The molecule has 0 aromatic heterocycles. The highest BCUT2D eigenvalue weighted by Crippen LogP contribution is 2.17. The van der Waals surface area contributed by atoms with Crippen molar-refractivity contribution in [2.45, 2.75) is 34.1 Å². The van der Waals surface area contributed by atoms with Crippen molar-refractivity contribution in [3.8, 4) is 0 Å². The van der Waals surface area contributed by atoms with Crippen LogP contribution in [0.15, 0.2) is 12.1 Å². The highest BCUT2D eigenvalue weighted by Gasteiger charge is 2.18. The maximum Gasteiger partial charge on any atom is 0.488 e. The zero-order chi connectivity index (χ0) is 16.2. The van der Waals surface area contributed by atoms with Crippen LogP contribution in [0, 0.1) is 18.2 Å². The fourth-order valence-corrected chi connectivity index (χ4v) is 1.78. The molecule has 0 aliphatic heterocycles. The van der Waals surface area contributed by atoms with Gasteiger partial charge in [0.05, 0.1) is 5.69 Å². The van der Waals surface area contributed by atoms with Gasteiger partial charge in [0.2, 0.25) is 0 Å². The largest absolute Gasteiger partial charge is 0.488 e. The number of amides is 2. The van der Waals surface area contributed by atoms with Gasteiger partial charge in [-0.2, -0.15) is 0 Å². The fraction of sp³-hybridized carbons (Fsp3) is 0.500. The molecule has 0 saturated heterocycles. The highest BCUT2D eigenvalue weighted by atomic mass is 19.1. The third-order valence-electron chi connectivity index (χ3n) is 3.04. The minimum atomic E-state index is -1.71. The van der Waals surface area contributed by atoms with Crippen LogP contribution in [0.1, 0.15) is 32.8 Å². The van der Waals surface area contributed by atoms with E-state index in [9.17, 15) is 19.2 Å². The Kier molecular flexibility index (Phi) is 5.74. The molecule has 116 valence electrons. The first-order valence-electron chi connectivity index (χ1n) is 6.81. The van der Waals surface area contributed by atoms with Crippen molar-refractivity contribution < 1.29 is 19.2 Å². The quantitative estimate of drug-likeness (QED) is 0.633. The summed E-state index contributed by atoms with van der Waals surface area (Å²) < 4.78 is 13.8. The Morgan fingerprint density at radius 3 is 2.48 bits per heavy atom.